The van der Waals surface area contributed by atoms with Gasteiger partial charge >= 0.3 is 0 Å². The summed E-state index contributed by atoms with van der Waals surface area (Å²) in [7, 11) is 0. The van der Waals surface area contributed by atoms with Crippen molar-refractivity contribution in [2.75, 3.05) is 13.2 Å². The molecule has 0 radical (unpaired) electrons. The second kappa shape index (κ2) is 6.02. The summed E-state index contributed by atoms with van der Waals surface area (Å²) >= 11 is 6.26. The average molecular weight is 296 g/mol. The molecule has 0 bridgehead atoms. The predicted molar refractivity (Wildman–Crippen MR) is 79.9 cm³/mol. The Morgan fingerprint density at radius 1 is 1.20 bits per heavy atom. The Bertz CT molecular complexity index is 450. The first-order valence-electron chi connectivity index (χ1n) is 7.47. The molecule has 20 heavy (non-hydrogen) atoms. The number of hydrogen-bond donors (Lipinski definition) is 1. The molecule has 1 unspecified atom stereocenters. The molecule has 1 atom stereocenters. The number of nitrogens with one attached hydrogen (secondary N) is 1. The van der Waals surface area contributed by atoms with Gasteiger partial charge in [-0.1, -0.05) is 29.8 Å². The summed E-state index contributed by atoms with van der Waals surface area (Å²) in [5, 5.41) is 4.52. The molecular weight excluding hydrogens is 274 g/mol. The summed E-state index contributed by atoms with van der Waals surface area (Å²) in [6.45, 7) is 3.66. The minimum atomic E-state index is -0.272. The zero-order valence-corrected chi connectivity index (χ0v) is 12.7. The molecule has 0 aromatic heterocycles. The monoisotopic (exact) mass is 295 g/mol. The lowest BCUT2D eigenvalue weighted by Crippen LogP contribution is -2.42. The van der Waals surface area contributed by atoms with Crippen molar-refractivity contribution in [3.63, 3.8) is 0 Å². The third-order valence-corrected chi connectivity index (χ3v) is 4.76. The highest BCUT2D eigenvalue weighted by Gasteiger charge is 2.40. The van der Waals surface area contributed by atoms with E-state index in [1.807, 2.05) is 18.2 Å². The molecular formula is C16H22ClNO2. The molecule has 3 nitrogen and oxygen atoms in total. The van der Waals surface area contributed by atoms with Gasteiger partial charge in [-0.2, -0.15) is 0 Å². The fourth-order valence-electron chi connectivity index (χ4n) is 3.28. The molecule has 1 aromatic rings. The van der Waals surface area contributed by atoms with E-state index in [-0.39, 0.29) is 11.8 Å². The van der Waals surface area contributed by atoms with Gasteiger partial charge in [0.15, 0.2) is 5.79 Å². The zero-order valence-electron chi connectivity index (χ0n) is 11.9. The number of halogens is 1. The Morgan fingerprint density at radius 3 is 2.50 bits per heavy atom. The van der Waals surface area contributed by atoms with Crippen molar-refractivity contribution in [1.29, 1.82) is 0 Å². The SMILES string of the molecule is CC(NC1CCC2(CC1)OCCO2)c1ccccc1Cl. The third-order valence-electron chi connectivity index (χ3n) is 4.42. The lowest BCUT2D eigenvalue weighted by atomic mass is 9.89. The van der Waals surface area contributed by atoms with Crippen LogP contribution in [0, 0.1) is 0 Å². The summed E-state index contributed by atoms with van der Waals surface area (Å²) in [5.41, 5.74) is 1.17. The fraction of sp³-hybridized carbons (Fsp3) is 0.625. The van der Waals surface area contributed by atoms with Gasteiger partial charge in [-0.25, -0.2) is 0 Å². The molecule has 2 aliphatic rings. The van der Waals surface area contributed by atoms with Crippen molar-refractivity contribution in [2.45, 2.75) is 50.5 Å². The van der Waals surface area contributed by atoms with Crippen LogP contribution in [0.3, 0.4) is 0 Å². The maximum Gasteiger partial charge on any atom is 0.168 e. The van der Waals surface area contributed by atoms with Crippen molar-refractivity contribution in [2.24, 2.45) is 0 Å². The second-order valence-corrected chi connectivity index (χ2v) is 6.20. The normalized spacial score (nSPS) is 24.1. The number of rotatable bonds is 3. The smallest absolute Gasteiger partial charge is 0.168 e. The Labute approximate surface area is 125 Å². The molecule has 1 aliphatic heterocycles. The molecule has 4 heteroatoms. The van der Waals surface area contributed by atoms with E-state index in [0.717, 1.165) is 43.9 Å². The Hall–Kier alpha value is -0.610. The van der Waals surface area contributed by atoms with Crippen molar-refractivity contribution in [1.82, 2.24) is 5.32 Å². The van der Waals surface area contributed by atoms with E-state index in [9.17, 15) is 0 Å². The summed E-state index contributed by atoms with van der Waals surface area (Å²) in [4.78, 5) is 0. The molecule has 1 aromatic carbocycles. The van der Waals surface area contributed by atoms with E-state index >= 15 is 0 Å². The maximum absolute atomic E-state index is 6.26. The van der Waals surface area contributed by atoms with E-state index in [1.54, 1.807) is 0 Å². The second-order valence-electron chi connectivity index (χ2n) is 5.79. The van der Waals surface area contributed by atoms with Gasteiger partial charge in [-0.05, 0) is 31.4 Å². The first-order chi connectivity index (χ1) is 9.69. The molecule has 2 fully saturated rings. The van der Waals surface area contributed by atoms with Crippen LogP contribution in [0.2, 0.25) is 5.02 Å². The minimum Gasteiger partial charge on any atom is -0.348 e. The topological polar surface area (TPSA) is 30.5 Å². The summed E-state index contributed by atoms with van der Waals surface area (Å²) in [5.74, 6) is -0.272. The minimum absolute atomic E-state index is 0.271. The van der Waals surface area contributed by atoms with Crippen LogP contribution in [0.4, 0.5) is 0 Å². The van der Waals surface area contributed by atoms with Gasteiger partial charge in [0.1, 0.15) is 0 Å². The largest absolute Gasteiger partial charge is 0.348 e. The van der Waals surface area contributed by atoms with Crippen molar-refractivity contribution >= 4 is 11.6 Å². The van der Waals surface area contributed by atoms with Gasteiger partial charge in [-0.15, -0.1) is 0 Å². The van der Waals surface area contributed by atoms with Crippen LogP contribution in [0.1, 0.15) is 44.2 Å². The Balaban J connectivity index is 1.56. The highest BCUT2D eigenvalue weighted by molar-refractivity contribution is 6.31. The van der Waals surface area contributed by atoms with Gasteiger partial charge < -0.3 is 14.8 Å². The van der Waals surface area contributed by atoms with Crippen LogP contribution < -0.4 is 5.32 Å². The van der Waals surface area contributed by atoms with Crippen molar-refractivity contribution < 1.29 is 9.47 Å². The average Bonchev–Trinajstić information content (AvgIpc) is 2.90. The standard InChI is InChI=1S/C16H22ClNO2/c1-12(14-4-2-3-5-15(14)17)18-13-6-8-16(9-7-13)19-10-11-20-16/h2-5,12-13,18H,6-11H2,1H3. The van der Waals surface area contributed by atoms with Crippen molar-refractivity contribution in [3.8, 4) is 0 Å². The maximum atomic E-state index is 6.26. The van der Waals surface area contributed by atoms with Crippen LogP contribution in [0.25, 0.3) is 0 Å². The first-order valence-corrected chi connectivity index (χ1v) is 7.85. The number of ether oxygens (including phenoxy) is 2. The molecule has 1 heterocycles. The Kier molecular flexibility index (Phi) is 4.32. The molecule has 1 N–H and O–H groups in total. The number of benzene rings is 1. The zero-order chi connectivity index (χ0) is 14.0. The lowest BCUT2D eigenvalue weighted by Gasteiger charge is -2.36. The summed E-state index contributed by atoms with van der Waals surface area (Å²) < 4.78 is 11.5. The van der Waals surface area contributed by atoms with E-state index in [2.05, 4.69) is 18.3 Å². The third kappa shape index (κ3) is 3.01. The van der Waals surface area contributed by atoms with Crippen molar-refractivity contribution in [3.05, 3.63) is 34.9 Å². The van der Waals surface area contributed by atoms with Gasteiger partial charge in [0.25, 0.3) is 0 Å². The molecule has 1 aliphatic carbocycles. The summed E-state index contributed by atoms with van der Waals surface area (Å²) in [6.07, 6.45) is 4.16. The molecule has 1 saturated heterocycles. The van der Waals surface area contributed by atoms with E-state index < -0.39 is 0 Å². The van der Waals surface area contributed by atoms with Crippen LogP contribution in [0.15, 0.2) is 24.3 Å². The molecule has 1 spiro atoms. The highest BCUT2D eigenvalue weighted by Crippen LogP contribution is 2.36. The molecule has 110 valence electrons. The van der Waals surface area contributed by atoms with E-state index in [4.69, 9.17) is 21.1 Å². The molecule has 1 saturated carbocycles. The van der Waals surface area contributed by atoms with E-state index in [0.29, 0.717) is 6.04 Å². The quantitative estimate of drug-likeness (QED) is 0.923. The summed E-state index contributed by atoms with van der Waals surface area (Å²) in [6, 6.07) is 8.83. The fourth-order valence-corrected chi connectivity index (χ4v) is 3.58. The van der Waals surface area contributed by atoms with Crippen LogP contribution in [-0.2, 0) is 9.47 Å². The molecule has 3 rings (SSSR count). The number of hydrogen-bond acceptors (Lipinski definition) is 3. The first kappa shape index (κ1) is 14.3. The molecule has 0 amide bonds. The lowest BCUT2D eigenvalue weighted by molar-refractivity contribution is -0.179. The van der Waals surface area contributed by atoms with Gasteiger partial charge in [0, 0.05) is 29.9 Å². The Morgan fingerprint density at radius 2 is 1.85 bits per heavy atom. The van der Waals surface area contributed by atoms with Gasteiger partial charge in [0.2, 0.25) is 0 Å². The predicted octanol–water partition coefficient (Wildman–Crippen LogP) is 3.68. The van der Waals surface area contributed by atoms with Crippen LogP contribution >= 0.6 is 11.6 Å². The van der Waals surface area contributed by atoms with Gasteiger partial charge in [0.05, 0.1) is 13.2 Å². The van der Waals surface area contributed by atoms with Crippen LogP contribution in [0.5, 0.6) is 0 Å². The van der Waals surface area contributed by atoms with Crippen LogP contribution in [-0.4, -0.2) is 25.0 Å². The highest BCUT2D eigenvalue weighted by atomic mass is 35.5. The van der Waals surface area contributed by atoms with Gasteiger partial charge in [-0.3, -0.25) is 0 Å². The van der Waals surface area contributed by atoms with E-state index in [1.165, 1.54) is 5.56 Å².